The molecule has 3 rings (SSSR count). The Morgan fingerprint density at radius 3 is 2.69 bits per heavy atom. The summed E-state index contributed by atoms with van der Waals surface area (Å²) < 4.78 is 37.5. The second-order valence-electron chi connectivity index (χ2n) is 6.82. The number of hydrogen-bond donors (Lipinski definition) is 0. The first-order valence-corrected chi connectivity index (χ1v) is 10.7. The number of ether oxygens (including phenoxy) is 2. The predicted octanol–water partition coefficient (Wildman–Crippen LogP) is 1.87. The minimum Gasteiger partial charge on any atom is -0.486 e. The van der Waals surface area contributed by atoms with Crippen molar-refractivity contribution in [3.8, 4) is 11.5 Å². The van der Waals surface area contributed by atoms with Crippen LogP contribution < -0.4 is 13.8 Å². The summed E-state index contributed by atoms with van der Waals surface area (Å²) in [6.07, 6.45) is 2.06. The normalized spacial score (nSPS) is 19.9. The lowest BCUT2D eigenvalue weighted by Crippen LogP contribution is -2.46. The number of carbonyl (C=O) groups is 1. The molecule has 0 aromatic heterocycles. The highest BCUT2D eigenvalue weighted by atomic mass is 32.2. The summed E-state index contributed by atoms with van der Waals surface area (Å²) in [5.74, 6) is 1.29. The Morgan fingerprint density at radius 2 is 2.00 bits per heavy atom. The molecule has 1 atom stereocenters. The number of likely N-dealkylation sites (tertiary alicyclic amines) is 1. The molecule has 26 heavy (non-hydrogen) atoms. The molecular weight excluding hydrogens is 356 g/mol. The summed E-state index contributed by atoms with van der Waals surface area (Å²) in [5, 5.41) is 0. The fourth-order valence-corrected chi connectivity index (χ4v) is 4.39. The van der Waals surface area contributed by atoms with E-state index in [9.17, 15) is 13.2 Å². The Kier molecular flexibility index (Phi) is 5.60. The van der Waals surface area contributed by atoms with E-state index in [1.54, 1.807) is 30.0 Å². The van der Waals surface area contributed by atoms with Crippen molar-refractivity contribution < 1.29 is 22.7 Å². The zero-order chi connectivity index (χ0) is 18.7. The summed E-state index contributed by atoms with van der Waals surface area (Å²) in [5.41, 5.74) is 0.425. The Morgan fingerprint density at radius 1 is 1.27 bits per heavy atom. The van der Waals surface area contributed by atoms with Crippen LogP contribution in [0.5, 0.6) is 11.5 Å². The second-order valence-corrected chi connectivity index (χ2v) is 9.00. The van der Waals surface area contributed by atoms with Gasteiger partial charge in [0.05, 0.1) is 11.4 Å². The van der Waals surface area contributed by atoms with E-state index in [4.69, 9.17) is 9.47 Å². The molecule has 1 amide bonds. The molecule has 2 aliphatic rings. The molecule has 0 bridgehead atoms. The third-order valence-corrected chi connectivity index (χ3v) is 6.54. The lowest BCUT2D eigenvalue weighted by molar-refractivity contribution is -0.131. The van der Waals surface area contributed by atoms with Crippen molar-refractivity contribution in [2.45, 2.75) is 26.7 Å². The van der Waals surface area contributed by atoms with Crippen molar-refractivity contribution in [1.82, 2.24) is 4.90 Å². The molecule has 2 heterocycles. The Labute approximate surface area is 154 Å². The molecule has 8 heteroatoms. The molecular formula is C18H26N2O5S. The molecule has 1 saturated heterocycles. The van der Waals surface area contributed by atoms with Crippen molar-refractivity contribution >= 4 is 21.6 Å². The molecule has 1 aromatic carbocycles. The van der Waals surface area contributed by atoms with E-state index < -0.39 is 10.0 Å². The number of hydrogen-bond acceptors (Lipinski definition) is 5. The van der Waals surface area contributed by atoms with Gasteiger partial charge in [-0.05, 0) is 37.8 Å². The van der Waals surface area contributed by atoms with E-state index in [-0.39, 0.29) is 18.2 Å². The largest absolute Gasteiger partial charge is 0.486 e. The molecule has 1 unspecified atom stereocenters. The van der Waals surface area contributed by atoms with Gasteiger partial charge in [0.1, 0.15) is 19.8 Å². The highest BCUT2D eigenvalue weighted by Crippen LogP contribution is 2.35. The van der Waals surface area contributed by atoms with Gasteiger partial charge in [0.25, 0.3) is 0 Å². The topological polar surface area (TPSA) is 76.2 Å². The summed E-state index contributed by atoms with van der Waals surface area (Å²) in [6, 6.07) is 4.98. The molecule has 2 aliphatic heterocycles. The third kappa shape index (κ3) is 4.06. The smallest absolute Gasteiger partial charge is 0.243 e. The Bertz CT molecular complexity index is 765. The molecule has 0 radical (unpaired) electrons. The maximum atomic E-state index is 12.7. The number of nitrogens with zero attached hydrogens (tertiary/aromatic N) is 2. The minimum atomic E-state index is -3.60. The standard InChI is InChI=1S/C18H26N2O5S/c1-3-26(22,23)20(13-18(21)19-8-4-5-14(2)12-19)15-6-7-16-17(11-15)25-10-9-24-16/h6-7,11,14H,3-5,8-10,12-13H2,1-2H3. The van der Waals surface area contributed by atoms with Gasteiger partial charge in [0.15, 0.2) is 11.5 Å². The van der Waals surface area contributed by atoms with Crippen LogP contribution in [-0.2, 0) is 14.8 Å². The average Bonchev–Trinajstić information content (AvgIpc) is 2.65. The van der Waals surface area contributed by atoms with E-state index in [1.807, 2.05) is 0 Å². The summed E-state index contributed by atoms with van der Waals surface area (Å²) in [6.45, 7) is 5.75. The molecule has 0 aliphatic carbocycles. The Hall–Kier alpha value is -1.96. The third-order valence-electron chi connectivity index (χ3n) is 4.80. The SMILES string of the molecule is CCS(=O)(=O)N(CC(=O)N1CCCC(C)C1)c1ccc2c(c1)OCCO2. The number of sulfonamides is 1. The van der Waals surface area contributed by atoms with E-state index in [2.05, 4.69) is 6.92 Å². The van der Waals surface area contributed by atoms with Crippen molar-refractivity contribution in [3.63, 3.8) is 0 Å². The quantitative estimate of drug-likeness (QED) is 0.777. The number of amides is 1. The van der Waals surface area contributed by atoms with Crippen LogP contribution in [-0.4, -0.2) is 57.8 Å². The molecule has 0 spiro atoms. The first kappa shape index (κ1) is 18.8. The van der Waals surface area contributed by atoms with Crippen molar-refractivity contribution in [2.24, 2.45) is 5.92 Å². The number of rotatable bonds is 5. The lowest BCUT2D eigenvalue weighted by atomic mass is 10.0. The highest BCUT2D eigenvalue weighted by Gasteiger charge is 2.29. The highest BCUT2D eigenvalue weighted by molar-refractivity contribution is 7.92. The van der Waals surface area contributed by atoms with Gasteiger partial charge in [-0.2, -0.15) is 0 Å². The van der Waals surface area contributed by atoms with Crippen LogP contribution >= 0.6 is 0 Å². The zero-order valence-corrected chi connectivity index (χ0v) is 16.1. The molecule has 0 saturated carbocycles. The lowest BCUT2D eigenvalue weighted by Gasteiger charge is -2.33. The van der Waals surface area contributed by atoms with Crippen LogP contribution in [0.4, 0.5) is 5.69 Å². The van der Waals surface area contributed by atoms with E-state index >= 15 is 0 Å². The van der Waals surface area contributed by atoms with Gasteiger partial charge in [0, 0.05) is 19.2 Å². The number of piperidine rings is 1. The summed E-state index contributed by atoms with van der Waals surface area (Å²) in [7, 11) is -3.60. The predicted molar refractivity (Wildman–Crippen MR) is 99.2 cm³/mol. The summed E-state index contributed by atoms with van der Waals surface area (Å²) >= 11 is 0. The fourth-order valence-electron chi connectivity index (χ4n) is 3.33. The van der Waals surface area contributed by atoms with E-state index in [0.717, 1.165) is 12.8 Å². The summed E-state index contributed by atoms with van der Waals surface area (Å²) in [4.78, 5) is 14.5. The number of carbonyl (C=O) groups excluding carboxylic acids is 1. The molecule has 7 nitrogen and oxygen atoms in total. The van der Waals surface area contributed by atoms with Gasteiger partial charge in [-0.1, -0.05) is 6.92 Å². The maximum Gasteiger partial charge on any atom is 0.243 e. The zero-order valence-electron chi connectivity index (χ0n) is 15.3. The monoisotopic (exact) mass is 382 g/mol. The van der Waals surface area contributed by atoms with Crippen LogP contribution in [0, 0.1) is 5.92 Å². The van der Waals surface area contributed by atoms with Crippen LogP contribution in [0.3, 0.4) is 0 Å². The van der Waals surface area contributed by atoms with Gasteiger partial charge in [-0.3, -0.25) is 9.10 Å². The van der Waals surface area contributed by atoms with Gasteiger partial charge >= 0.3 is 0 Å². The minimum absolute atomic E-state index is 0.0782. The van der Waals surface area contributed by atoms with Crippen molar-refractivity contribution in [1.29, 1.82) is 0 Å². The van der Waals surface area contributed by atoms with Gasteiger partial charge in [0.2, 0.25) is 15.9 Å². The molecule has 1 fully saturated rings. The van der Waals surface area contributed by atoms with Crippen molar-refractivity contribution in [3.05, 3.63) is 18.2 Å². The number of fused-ring (bicyclic) bond motifs is 1. The van der Waals surface area contributed by atoms with Crippen molar-refractivity contribution in [2.75, 3.05) is 42.9 Å². The first-order valence-electron chi connectivity index (χ1n) is 9.08. The Balaban J connectivity index is 1.85. The molecule has 0 N–H and O–H groups in total. The number of benzene rings is 1. The second kappa shape index (κ2) is 7.73. The van der Waals surface area contributed by atoms with Crippen LogP contribution in [0.1, 0.15) is 26.7 Å². The molecule has 1 aromatic rings. The van der Waals surface area contributed by atoms with Crippen LogP contribution in [0.15, 0.2) is 18.2 Å². The van der Waals surface area contributed by atoms with E-state index in [1.165, 1.54) is 4.31 Å². The average molecular weight is 382 g/mol. The van der Waals surface area contributed by atoms with E-state index in [0.29, 0.717) is 49.4 Å². The van der Waals surface area contributed by atoms with Crippen LogP contribution in [0.25, 0.3) is 0 Å². The van der Waals surface area contributed by atoms with Gasteiger partial charge in [-0.25, -0.2) is 8.42 Å². The van der Waals surface area contributed by atoms with Crippen LogP contribution in [0.2, 0.25) is 0 Å². The first-order chi connectivity index (χ1) is 12.4. The maximum absolute atomic E-state index is 12.7. The van der Waals surface area contributed by atoms with Gasteiger partial charge < -0.3 is 14.4 Å². The molecule has 144 valence electrons. The number of anilines is 1. The van der Waals surface area contributed by atoms with Gasteiger partial charge in [-0.15, -0.1) is 0 Å². The fraction of sp³-hybridized carbons (Fsp3) is 0.611.